The second-order valence-corrected chi connectivity index (χ2v) is 6.63. The molecule has 0 amide bonds. The topological polar surface area (TPSA) is 66.4 Å². The Hall–Kier alpha value is -0.340. The van der Waals surface area contributed by atoms with Crippen molar-refractivity contribution in [3.05, 3.63) is 0 Å². The highest BCUT2D eigenvalue weighted by molar-refractivity contribution is 7.89. The van der Waals surface area contributed by atoms with Gasteiger partial charge in [0.05, 0.1) is 17.9 Å². The number of sulfonamides is 1. The molecule has 0 aliphatic heterocycles. The molecule has 1 aliphatic carbocycles. The summed E-state index contributed by atoms with van der Waals surface area (Å²) in [6.45, 7) is -0.314. The van der Waals surface area contributed by atoms with Crippen LogP contribution in [0.25, 0.3) is 0 Å². The Labute approximate surface area is 105 Å². The van der Waals surface area contributed by atoms with E-state index < -0.39 is 40.3 Å². The maximum absolute atomic E-state index is 11.9. The van der Waals surface area contributed by atoms with Crippen molar-refractivity contribution < 1.29 is 26.7 Å². The molecule has 2 N–H and O–H groups in total. The van der Waals surface area contributed by atoms with Crippen LogP contribution in [0.4, 0.5) is 13.2 Å². The van der Waals surface area contributed by atoms with Crippen LogP contribution in [-0.2, 0) is 10.0 Å². The Balaban J connectivity index is 2.49. The SMILES string of the molecule is O=S(=O)(CCCC(F)(F)F)NC1(CO)CCCC1. The minimum atomic E-state index is -4.34. The van der Waals surface area contributed by atoms with E-state index in [1.54, 1.807) is 0 Å². The molecule has 0 unspecified atom stereocenters. The third-order valence-electron chi connectivity index (χ3n) is 3.11. The number of aliphatic hydroxyl groups is 1. The Morgan fingerprint density at radius 1 is 1.22 bits per heavy atom. The number of halogens is 3. The van der Waals surface area contributed by atoms with Crippen LogP contribution < -0.4 is 4.72 Å². The number of nitrogens with one attached hydrogen (secondary N) is 1. The van der Waals surface area contributed by atoms with Crippen molar-refractivity contribution in [2.75, 3.05) is 12.4 Å². The smallest absolute Gasteiger partial charge is 0.389 e. The zero-order valence-electron chi connectivity index (χ0n) is 9.96. The Morgan fingerprint density at radius 2 is 1.78 bits per heavy atom. The first-order valence-corrected chi connectivity index (χ1v) is 7.53. The highest BCUT2D eigenvalue weighted by Gasteiger charge is 2.37. The third kappa shape index (κ3) is 5.11. The second kappa shape index (κ2) is 5.75. The maximum Gasteiger partial charge on any atom is 0.389 e. The predicted molar refractivity (Wildman–Crippen MR) is 60.5 cm³/mol. The summed E-state index contributed by atoms with van der Waals surface area (Å²) >= 11 is 0. The molecule has 1 saturated carbocycles. The molecule has 0 radical (unpaired) electrons. The van der Waals surface area contributed by atoms with Gasteiger partial charge in [-0.1, -0.05) is 12.8 Å². The van der Waals surface area contributed by atoms with Gasteiger partial charge in [-0.3, -0.25) is 0 Å². The van der Waals surface area contributed by atoms with Crippen LogP contribution in [0.15, 0.2) is 0 Å². The van der Waals surface area contributed by atoms with E-state index in [4.69, 9.17) is 0 Å². The summed E-state index contributed by atoms with van der Waals surface area (Å²) < 4.78 is 61.4. The second-order valence-electron chi connectivity index (χ2n) is 4.79. The molecule has 0 bridgehead atoms. The first-order valence-electron chi connectivity index (χ1n) is 5.87. The monoisotopic (exact) mass is 289 g/mol. The summed E-state index contributed by atoms with van der Waals surface area (Å²) in [6.07, 6.45) is -3.22. The zero-order chi connectivity index (χ0) is 13.9. The van der Waals surface area contributed by atoms with Crippen molar-refractivity contribution >= 4 is 10.0 Å². The molecule has 0 spiro atoms. The number of rotatable bonds is 6. The molecule has 0 aromatic heterocycles. The van der Waals surface area contributed by atoms with Crippen LogP contribution in [0, 0.1) is 0 Å². The number of hydrogen-bond donors (Lipinski definition) is 2. The van der Waals surface area contributed by atoms with Gasteiger partial charge in [-0.15, -0.1) is 0 Å². The van der Waals surface area contributed by atoms with Crippen LogP contribution in [0.3, 0.4) is 0 Å². The van der Waals surface area contributed by atoms with E-state index in [-0.39, 0.29) is 6.61 Å². The van der Waals surface area contributed by atoms with Crippen LogP contribution in [0.2, 0.25) is 0 Å². The molecular formula is C10H18F3NO3S. The first-order chi connectivity index (χ1) is 8.18. The fourth-order valence-corrected chi connectivity index (χ4v) is 3.74. The average molecular weight is 289 g/mol. The van der Waals surface area contributed by atoms with E-state index in [1.807, 2.05) is 0 Å². The minimum absolute atomic E-state index is 0.314. The van der Waals surface area contributed by atoms with Crippen molar-refractivity contribution in [3.8, 4) is 0 Å². The number of hydrogen-bond acceptors (Lipinski definition) is 3. The summed E-state index contributed by atoms with van der Waals surface area (Å²) in [4.78, 5) is 0. The van der Waals surface area contributed by atoms with Crippen LogP contribution in [0.1, 0.15) is 38.5 Å². The summed E-state index contributed by atoms with van der Waals surface area (Å²) in [5.41, 5.74) is -0.864. The summed E-state index contributed by atoms with van der Waals surface area (Å²) in [5, 5.41) is 9.23. The van der Waals surface area contributed by atoms with Crippen molar-refractivity contribution in [1.29, 1.82) is 0 Å². The molecule has 4 nitrogen and oxygen atoms in total. The van der Waals surface area contributed by atoms with E-state index in [2.05, 4.69) is 4.72 Å². The first kappa shape index (κ1) is 15.7. The highest BCUT2D eigenvalue weighted by Crippen LogP contribution is 2.30. The van der Waals surface area contributed by atoms with Crippen LogP contribution in [0.5, 0.6) is 0 Å². The number of aliphatic hydroxyl groups excluding tert-OH is 1. The van der Waals surface area contributed by atoms with Crippen LogP contribution >= 0.6 is 0 Å². The highest BCUT2D eigenvalue weighted by atomic mass is 32.2. The van der Waals surface area contributed by atoms with Crippen molar-refractivity contribution in [2.24, 2.45) is 0 Å². The van der Waals surface area contributed by atoms with Gasteiger partial charge in [0, 0.05) is 6.42 Å². The quantitative estimate of drug-likeness (QED) is 0.779. The van der Waals surface area contributed by atoms with Gasteiger partial charge in [0.1, 0.15) is 0 Å². The normalized spacial score (nSPS) is 20.2. The van der Waals surface area contributed by atoms with Gasteiger partial charge in [0.15, 0.2) is 0 Å². The van der Waals surface area contributed by atoms with E-state index in [0.717, 1.165) is 12.8 Å². The average Bonchev–Trinajstić information content (AvgIpc) is 2.63. The van der Waals surface area contributed by atoms with Crippen molar-refractivity contribution in [3.63, 3.8) is 0 Å². The molecule has 0 heterocycles. The van der Waals surface area contributed by atoms with Gasteiger partial charge in [0.2, 0.25) is 10.0 Å². The van der Waals surface area contributed by atoms with Gasteiger partial charge in [0.25, 0.3) is 0 Å². The lowest BCUT2D eigenvalue weighted by Gasteiger charge is -2.27. The van der Waals surface area contributed by atoms with Gasteiger partial charge < -0.3 is 5.11 Å². The van der Waals surface area contributed by atoms with E-state index in [1.165, 1.54) is 0 Å². The zero-order valence-corrected chi connectivity index (χ0v) is 10.8. The Kier molecular flexibility index (Phi) is 5.02. The molecule has 0 aromatic rings. The maximum atomic E-state index is 11.9. The van der Waals surface area contributed by atoms with E-state index >= 15 is 0 Å². The molecule has 0 atom stereocenters. The lowest BCUT2D eigenvalue weighted by Crippen LogP contribution is -2.49. The Bertz CT molecular complexity index is 361. The molecular weight excluding hydrogens is 271 g/mol. The minimum Gasteiger partial charge on any atom is -0.394 e. The van der Waals surface area contributed by atoms with E-state index in [9.17, 15) is 26.7 Å². The lowest BCUT2D eigenvalue weighted by molar-refractivity contribution is -0.134. The molecule has 18 heavy (non-hydrogen) atoms. The third-order valence-corrected chi connectivity index (χ3v) is 4.68. The van der Waals surface area contributed by atoms with Gasteiger partial charge >= 0.3 is 6.18 Å². The van der Waals surface area contributed by atoms with E-state index in [0.29, 0.717) is 12.8 Å². The predicted octanol–water partition coefficient (Wildman–Crippen LogP) is 1.55. The fraction of sp³-hybridized carbons (Fsp3) is 1.00. The molecule has 1 aliphatic rings. The van der Waals surface area contributed by atoms with Crippen molar-refractivity contribution in [2.45, 2.75) is 50.2 Å². The number of alkyl halides is 3. The Morgan fingerprint density at radius 3 is 2.22 bits per heavy atom. The van der Waals surface area contributed by atoms with Gasteiger partial charge in [-0.05, 0) is 19.3 Å². The van der Waals surface area contributed by atoms with Gasteiger partial charge in [-0.2, -0.15) is 13.2 Å². The fourth-order valence-electron chi connectivity index (χ4n) is 2.19. The molecule has 0 saturated heterocycles. The largest absolute Gasteiger partial charge is 0.394 e. The molecule has 1 fully saturated rings. The molecule has 1 rings (SSSR count). The molecule has 0 aromatic carbocycles. The van der Waals surface area contributed by atoms with Gasteiger partial charge in [-0.25, -0.2) is 13.1 Å². The summed E-state index contributed by atoms with van der Waals surface area (Å²) in [5.74, 6) is -0.561. The molecule has 8 heteroatoms. The summed E-state index contributed by atoms with van der Waals surface area (Å²) in [7, 11) is -3.77. The van der Waals surface area contributed by atoms with Crippen LogP contribution in [-0.4, -0.2) is 37.6 Å². The summed E-state index contributed by atoms with van der Waals surface area (Å²) in [6, 6.07) is 0. The lowest BCUT2D eigenvalue weighted by atomic mass is 10.0. The standard InChI is InChI=1S/C10H18F3NO3S/c11-10(12,13)6-3-7-18(16,17)14-9(8-15)4-1-2-5-9/h14-15H,1-8H2. The van der Waals surface area contributed by atoms with Crippen molar-refractivity contribution in [1.82, 2.24) is 4.72 Å². The molecule has 108 valence electrons.